The molecule has 2 aliphatic rings. The first-order valence-corrected chi connectivity index (χ1v) is 9.77. The molecule has 2 fully saturated rings. The van der Waals surface area contributed by atoms with Gasteiger partial charge >= 0.3 is 0 Å². The summed E-state index contributed by atoms with van der Waals surface area (Å²) in [6, 6.07) is 2.00. The van der Waals surface area contributed by atoms with Gasteiger partial charge in [-0.15, -0.1) is 0 Å². The van der Waals surface area contributed by atoms with Crippen LogP contribution in [0.5, 0.6) is 0 Å². The zero-order valence-corrected chi connectivity index (χ0v) is 14.4. The van der Waals surface area contributed by atoms with E-state index in [4.69, 9.17) is 4.52 Å². The first-order chi connectivity index (χ1) is 10.8. The number of aromatic nitrogens is 1. The summed E-state index contributed by atoms with van der Waals surface area (Å²) in [5, 5.41) is 6.97. The minimum absolute atomic E-state index is 0.0254. The lowest BCUT2D eigenvalue weighted by molar-refractivity contribution is -0.124. The second-order valence-electron chi connectivity index (χ2n) is 6.94. The van der Waals surface area contributed by atoms with E-state index >= 15 is 0 Å². The Morgan fingerprint density at radius 2 is 2.35 bits per heavy atom. The highest BCUT2D eigenvalue weighted by atomic mass is 32.2. The number of rotatable bonds is 4. The van der Waals surface area contributed by atoms with Gasteiger partial charge in [-0.1, -0.05) is 5.16 Å². The van der Waals surface area contributed by atoms with E-state index in [1.807, 2.05) is 13.0 Å². The fraction of sp³-hybridized carbons (Fsp3) is 0.733. The summed E-state index contributed by atoms with van der Waals surface area (Å²) in [6.07, 6.45) is 2.44. The van der Waals surface area contributed by atoms with Crippen LogP contribution in [0.3, 0.4) is 0 Å². The summed E-state index contributed by atoms with van der Waals surface area (Å²) in [7, 11) is -3.03. The van der Waals surface area contributed by atoms with Crippen LogP contribution in [0.2, 0.25) is 0 Å². The van der Waals surface area contributed by atoms with Gasteiger partial charge in [0, 0.05) is 6.07 Å². The molecule has 2 unspecified atom stereocenters. The molecule has 3 heterocycles. The van der Waals surface area contributed by atoms with E-state index in [-0.39, 0.29) is 30.0 Å². The fourth-order valence-corrected chi connectivity index (χ4v) is 5.66. The highest BCUT2D eigenvalue weighted by Crippen LogP contribution is 2.31. The molecule has 128 valence electrons. The number of aryl methyl sites for hydroxylation is 1. The third-order valence-electron chi connectivity index (χ3n) is 4.64. The average Bonchev–Trinajstić information content (AvgIpc) is 3.10. The molecular formula is C15H23N3O4S. The number of nitrogens with zero attached hydrogens (tertiary/aromatic N) is 2. The van der Waals surface area contributed by atoms with Crippen molar-refractivity contribution in [3.8, 4) is 0 Å². The number of nitrogens with one attached hydrogen (secondary N) is 1. The molecule has 23 heavy (non-hydrogen) atoms. The molecule has 0 radical (unpaired) electrons. The zero-order chi connectivity index (χ0) is 16.7. The van der Waals surface area contributed by atoms with Gasteiger partial charge < -0.3 is 9.84 Å². The molecule has 0 bridgehead atoms. The molecule has 7 nitrogen and oxygen atoms in total. The van der Waals surface area contributed by atoms with Crippen LogP contribution < -0.4 is 5.32 Å². The summed E-state index contributed by atoms with van der Waals surface area (Å²) in [4.78, 5) is 14.4. The van der Waals surface area contributed by atoms with Crippen molar-refractivity contribution in [2.75, 3.05) is 24.6 Å². The Bertz CT molecular complexity index is 699. The van der Waals surface area contributed by atoms with E-state index in [1.54, 1.807) is 6.92 Å². The van der Waals surface area contributed by atoms with Gasteiger partial charge in [0.2, 0.25) is 5.91 Å². The van der Waals surface area contributed by atoms with Crippen LogP contribution in [0.1, 0.15) is 43.7 Å². The van der Waals surface area contributed by atoms with Crippen LogP contribution in [0, 0.1) is 6.92 Å². The maximum atomic E-state index is 12.4. The van der Waals surface area contributed by atoms with Gasteiger partial charge in [0.25, 0.3) is 0 Å². The molecule has 1 aromatic heterocycles. The predicted molar refractivity (Wildman–Crippen MR) is 84.6 cm³/mol. The average molecular weight is 341 g/mol. The molecule has 1 N–H and O–H groups in total. The first-order valence-electron chi connectivity index (χ1n) is 7.95. The highest BCUT2D eigenvalue weighted by Gasteiger charge is 2.40. The summed E-state index contributed by atoms with van der Waals surface area (Å²) >= 11 is 0. The number of amides is 1. The second kappa shape index (κ2) is 5.90. The Balaban J connectivity index is 1.61. The number of hydrogen-bond acceptors (Lipinski definition) is 6. The van der Waals surface area contributed by atoms with Crippen molar-refractivity contribution >= 4 is 15.7 Å². The summed E-state index contributed by atoms with van der Waals surface area (Å²) in [6.45, 7) is 4.74. The molecule has 2 aliphatic heterocycles. The van der Waals surface area contributed by atoms with Crippen LogP contribution in [-0.4, -0.2) is 54.5 Å². The Kier molecular flexibility index (Phi) is 4.22. The molecule has 0 aromatic carbocycles. The van der Waals surface area contributed by atoms with Crippen LogP contribution in [0.15, 0.2) is 10.6 Å². The standard InChI is InChI=1S/C15H23N3O4S/c1-11-8-12(17-22-11)13-4-3-6-18(13)9-14(19)16-15(2)5-7-23(20,21)10-15/h8,13H,3-7,9-10H2,1-2H3,(H,16,19). The topological polar surface area (TPSA) is 92.5 Å². The van der Waals surface area contributed by atoms with Gasteiger partial charge in [0.15, 0.2) is 9.84 Å². The highest BCUT2D eigenvalue weighted by molar-refractivity contribution is 7.91. The smallest absolute Gasteiger partial charge is 0.234 e. The largest absolute Gasteiger partial charge is 0.361 e. The lowest BCUT2D eigenvalue weighted by Gasteiger charge is -2.27. The van der Waals surface area contributed by atoms with E-state index in [0.717, 1.165) is 30.8 Å². The van der Waals surface area contributed by atoms with E-state index < -0.39 is 15.4 Å². The monoisotopic (exact) mass is 341 g/mol. The number of likely N-dealkylation sites (tertiary alicyclic amines) is 1. The van der Waals surface area contributed by atoms with E-state index in [2.05, 4.69) is 15.4 Å². The van der Waals surface area contributed by atoms with Gasteiger partial charge in [-0.3, -0.25) is 9.69 Å². The van der Waals surface area contributed by atoms with E-state index in [1.165, 1.54) is 0 Å². The minimum atomic E-state index is -3.03. The predicted octanol–water partition coefficient (Wildman–Crippen LogP) is 0.813. The minimum Gasteiger partial charge on any atom is -0.361 e. The van der Waals surface area contributed by atoms with Crippen molar-refractivity contribution in [3.63, 3.8) is 0 Å². The summed E-state index contributed by atoms with van der Waals surface area (Å²) in [5.74, 6) is 0.808. The molecule has 2 saturated heterocycles. The quantitative estimate of drug-likeness (QED) is 0.871. The van der Waals surface area contributed by atoms with Crippen LogP contribution >= 0.6 is 0 Å². The molecule has 1 aromatic rings. The van der Waals surface area contributed by atoms with Gasteiger partial charge in [0.05, 0.1) is 29.6 Å². The van der Waals surface area contributed by atoms with Crippen LogP contribution in [0.25, 0.3) is 0 Å². The summed E-state index contributed by atoms with van der Waals surface area (Å²) < 4.78 is 28.4. The van der Waals surface area contributed by atoms with E-state index in [9.17, 15) is 13.2 Å². The number of carbonyl (C=O) groups excluding carboxylic acids is 1. The second-order valence-corrected chi connectivity index (χ2v) is 9.13. The molecule has 3 rings (SSSR count). The third-order valence-corrected chi connectivity index (χ3v) is 6.55. The van der Waals surface area contributed by atoms with Gasteiger partial charge in [-0.05, 0) is 39.7 Å². The molecular weight excluding hydrogens is 318 g/mol. The van der Waals surface area contributed by atoms with Crippen molar-refractivity contribution in [2.45, 2.75) is 44.7 Å². The lowest BCUT2D eigenvalue weighted by atomic mass is 10.0. The lowest BCUT2D eigenvalue weighted by Crippen LogP contribution is -2.50. The molecule has 2 atom stereocenters. The van der Waals surface area contributed by atoms with E-state index in [0.29, 0.717) is 6.42 Å². The van der Waals surface area contributed by atoms with Crippen molar-refractivity contribution in [1.82, 2.24) is 15.4 Å². The SMILES string of the molecule is Cc1cc(C2CCCN2CC(=O)NC2(C)CCS(=O)(=O)C2)no1. The zero-order valence-electron chi connectivity index (χ0n) is 13.5. The molecule has 0 spiro atoms. The van der Waals surface area contributed by atoms with Gasteiger partial charge in [-0.2, -0.15) is 0 Å². The van der Waals surface area contributed by atoms with Crippen molar-refractivity contribution < 1.29 is 17.7 Å². The molecule has 8 heteroatoms. The Morgan fingerprint density at radius 1 is 1.57 bits per heavy atom. The Morgan fingerprint density at radius 3 is 2.96 bits per heavy atom. The third kappa shape index (κ3) is 3.74. The number of hydrogen-bond donors (Lipinski definition) is 1. The number of carbonyl (C=O) groups is 1. The van der Waals surface area contributed by atoms with Crippen LogP contribution in [-0.2, 0) is 14.6 Å². The van der Waals surface area contributed by atoms with Crippen molar-refractivity contribution in [3.05, 3.63) is 17.5 Å². The molecule has 0 aliphatic carbocycles. The maximum Gasteiger partial charge on any atom is 0.234 e. The molecule has 1 amide bonds. The van der Waals surface area contributed by atoms with Gasteiger partial charge in [-0.25, -0.2) is 8.42 Å². The fourth-order valence-electron chi connectivity index (χ4n) is 3.56. The van der Waals surface area contributed by atoms with Crippen molar-refractivity contribution in [2.24, 2.45) is 0 Å². The summed E-state index contributed by atoms with van der Waals surface area (Å²) in [5.41, 5.74) is 0.220. The normalized spacial score (nSPS) is 30.6. The maximum absolute atomic E-state index is 12.4. The van der Waals surface area contributed by atoms with Crippen molar-refractivity contribution in [1.29, 1.82) is 0 Å². The number of sulfone groups is 1. The first kappa shape index (κ1) is 16.4. The van der Waals surface area contributed by atoms with Crippen LogP contribution in [0.4, 0.5) is 0 Å². The Hall–Kier alpha value is -1.41. The molecule has 0 saturated carbocycles. The van der Waals surface area contributed by atoms with Gasteiger partial charge in [0.1, 0.15) is 11.5 Å². The Labute approximate surface area is 136 Å².